The first-order valence-electron chi connectivity index (χ1n) is 46.6. The van der Waals surface area contributed by atoms with E-state index < -0.39 is 234 Å². The number of benzene rings is 3. The number of phenols is 3. The summed E-state index contributed by atoms with van der Waals surface area (Å²) in [6.07, 6.45) is 2.15. The van der Waals surface area contributed by atoms with Crippen molar-refractivity contribution in [2.75, 3.05) is 57.4 Å². The highest BCUT2D eigenvalue weighted by molar-refractivity contribution is 7.80. The van der Waals surface area contributed by atoms with Crippen LogP contribution in [0.3, 0.4) is 0 Å². The van der Waals surface area contributed by atoms with Gasteiger partial charge >= 0.3 is 0 Å². The number of fused-ring (bicyclic) bond motifs is 3. The minimum absolute atomic E-state index is 0.00418. The van der Waals surface area contributed by atoms with E-state index in [0.29, 0.717) is 42.6 Å². The van der Waals surface area contributed by atoms with Crippen LogP contribution in [-0.2, 0) is 107 Å². The fraction of sp³-hybridized carbons (Fsp3) is 0.571. The summed E-state index contributed by atoms with van der Waals surface area (Å²) in [5.41, 5.74) is 12.7. The summed E-state index contributed by atoms with van der Waals surface area (Å²) in [5.74, 6) is -17.7. The summed E-state index contributed by atoms with van der Waals surface area (Å²) in [6.45, 7) is 9.87. The van der Waals surface area contributed by atoms with Crippen LogP contribution in [0.1, 0.15) is 160 Å². The average Bonchev–Trinajstić information content (AvgIpc) is 1.58. The zero-order chi connectivity index (χ0) is 101. The second kappa shape index (κ2) is 54.9. The Morgan fingerprint density at radius 1 is 0.406 bits per heavy atom. The van der Waals surface area contributed by atoms with Gasteiger partial charge in [0.05, 0.1) is 18.6 Å². The van der Waals surface area contributed by atoms with Crippen molar-refractivity contribution < 1.29 is 102 Å². The molecule has 0 radical (unpaired) electrons. The van der Waals surface area contributed by atoms with E-state index in [0.717, 1.165) is 0 Å². The molecule has 4 aromatic rings. The van der Waals surface area contributed by atoms with Crippen molar-refractivity contribution in [3.05, 3.63) is 108 Å². The number of nitrogens with one attached hydrogen (secondary N) is 18. The van der Waals surface area contributed by atoms with Crippen molar-refractivity contribution in [3.63, 3.8) is 0 Å². The van der Waals surface area contributed by atoms with E-state index in [9.17, 15) is 58.8 Å². The molecule has 138 heavy (non-hydrogen) atoms. The van der Waals surface area contributed by atoms with Gasteiger partial charge in [-0.1, -0.05) is 64.1 Å². The summed E-state index contributed by atoms with van der Waals surface area (Å²) in [4.78, 5) is 261. The maximum atomic E-state index is 15.5. The van der Waals surface area contributed by atoms with Gasteiger partial charge in [0.1, 0.15) is 114 Å². The van der Waals surface area contributed by atoms with Crippen molar-refractivity contribution in [2.24, 2.45) is 11.5 Å². The first-order valence-corrected chi connectivity index (χ1v) is 47.8. The number of hydrogen-bond acceptors (Lipinski definition) is 27. The van der Waals surface area contributed by atoms with Crippen molar-refractivity contribution in [1.29, 1.82) is 5.41 Å². The Morgan fingerprint density at radius 2 is 0.746 bits per heavy atom. The lowest BCUT2D eigenvalue weighted by atomic mass is 10.0. The maximum absolute atomic E-state index is 15.5. The van der Waals surface area contributed by atoms with Gasteiger partial charge in [-0.15, -0.1) is 0 Å². The monoisotopic (exact) mass is 1960 g/mol. The Bertz CT molecular complexity index is 4850. The smallest absolute Gasteiger partial charge is 0.246 e. The molecule has 0 saturated carbocycles. The van der Waals surface area contributed by atoms with E-state index in [4.69, 9.17) is 16.9 Å². The van der Waals surface area contributed by atoms with Gasteiger partial charge in [-0.2, -0.15) is 25.3 Å². The number of H-pyrrole nitrogens is 1. The predicted molar refractivity (Wildman–Crippen MR) is 510 cm³/mol. The van der Waals surface area contributed by atoms with Crippen molar-refractivity contribution in [1.82, 2.24) is 110 Å². The molecule has 4 aliphatic rings. The van der Waals surface area contributed by atoms with Crippen LogP contribution in [0.5, 0.6) is 17.2 Å². The van der Waals surface area contributed by atoms with Crippen LogP contribution in [0.15, 0.2) is 85.3 Å². The number of phenolic OH excluding ortho intramolecular Hbond substituents is 3. The highest BCUT2D eigenvalue weighted by Crippen LogP contribution is 2.28. The molecular formula is C91H134N24O21S2. The number of hydrogen-bond donors (Lipinski definition) is 26. The molecule has 45 nitrogen and oxygen atoms in total. The van der Waals surface area contributed by atoms with Gasteiger partial charge in [0.25, 0.3) is 0 Å². The normalized spacial score (nSPS) is 25.5. The number of carbonyl (C=O) groups is 17. The Kier molecular flexibility index (Phi) is 43.9. The first kappa shape index (κ1) is 110. The number of thiol groups is 2. The number of aromatic amines is 1. The molecule has 0 aliphatic carbocycles. The van der Waals surface area contributed by atoms with E-state index in [1.54, 1.807) is 0 Å². The van der Waals surface area contributed by atoms with Gasteiger partial charge in [-0.25, -0.2) is 4.98 Å². The van der Waals surface area contributed by atoms with E-state index in [1.165, 1.54) is 114 Å². The third-order valence-electron chi connectivity index (χ3n) is 23.9. The molecule has 8 rings (SSSR count). The zero-order valence-corrected chi connectivity index (χ0v) is 80.1. The van der Waals surface area contributed by atoms with Crippen LogP contribution in [0.4, 0.5) is 0 Å². The molecule has 5 heterocycles. The number of rotatable bonds is 29. The third-order valence-corrected chi connectivity index (χ3v) is 24.7. The van der Waals surface area contributed by atoms with E-state index in [-0.39, 0.29) is 158 Å². The summed E-state index contributed by atoms with van der Waals surface area (Å²) < 4.78 is 0. The lowest BCUT2D eigenvalue weighted by Crippen LogP contribution is -2.61. The number of carbonyl (C=O) groups excluding carboxylic acids is 17. The maximum Gasteiger partial charge on any atom is 0.246 e. The molecule has 26 N–H and O–H groups in total. The molecule has 1 aromatic heterocycles. The number of aliphatic hydroxyl groups is 1. The summed E-state index contributed by atoms with van der Waals surface area (Å²) >= 11 is 8.71. The SMILES string of the molecule is CC(C)NCCCC[C@@H]1NC(=O)[C@H](CCC(N)=O)NC(=O)[C@H](Cc2ccc(O)cc2)NC(=O)[C@H](CS)NC(=O)[C@H](Cc2ccc(O)cc2)NC(=O)[C@H](CCCNC(=N)N)NC(=O)[C@H](CCCNC(C)C)NC(=O)[C@H]2CCCN2C(=O)[C@H](C)NC(=O)[C@H](CO)NC(=O)[C@H](CS)NC(=O)[C@H](C)NC(=O)[C@H](Cc2c[nH]cn2)NC(=O)[C@H](Cc2ccc(O)cc2)NC(=O)[C@@H]2CCCN2C(=O)[C@H]2CCCN2C1=O. The number of amides is 17. The summed E-state index contributed by atoms with van der Waals surface area (Å²) in [6, 6.07) is -7.65. The Labute approximate surface area is 810 Å². The van der Waals surface area contributed by atoms with Crippen molar-refractivity contribution in [2.45, 2.75) is 272 Å². The van der Waals surface area contributed by atoms with Crippen molar-refractivity contribution in [3.8, 4) is 17.2 Å². The van der Waals surface area contributed by atoms with Gasteiger partial charge < -0.3 is 137 Å². The largest absolute Gasteiger partial charge is 0.508 e. The lowest BCUT2D eigenvalue weighted by molar-refractivity contribution is -0.148. The van der Waals surface area contributed by atoms with Crippen LogP contribution >= 0.6 is 25.3 Å². The number of aromatic hydroxyl groups is 3. The molecule has 4 aliphatic heterocycles. The van der Waals surface area contributed by atoms with Crippen LogP contribution in [0, 0.1) is 5.41 Å². The second-order valence-electron chi connectivity index (χ2n) is 35.5. The van der Waals surface area contributed by atoms with Crippen LogP contribution < -0.4 is 96.5 Å². The standard InChI is InChI=1S/C91H134N24O21S2/c1-49(2)96-34-8-7-14-63-89(135)115-39-13-19-73(115)90(136)114-38-12-18-72(114)87(133)109-66(42-55-24-30-59(119)31-25-55)81(127)108-67(43-56-44-95-48-99-56)79(125)100-51(5)75(121)111-69(46-137)85(131)110-68(45-116)83(129)101-52(6)88(134)113-37-11-17-71(113)86(132)104-61(15-9-35-97-50(3)4)76(122)102-60(16-10-36-98-91(93)94)77(123)106-65(41-54-22-28-58(118)29-23-54)82(128)112-70(47-138)84(130)107-64(40-53-20-26-57(117)27-21-53)80(126)103-62(78(124)105-63)32-33-74(92)120/h20-31,44,48-52,60-73,96-97,116-119,137-138H,7-19,32-43,45-47H2,1-6H3,(H2,92,120)(H,95,99)(H,100,125)(H,101,129)(H,102,122)(H,103,126)(H,104,132)(H,105,124)(H,106,123)(H,107,130)(H,108,127)(H,109,133)(H,110,131)(H,111,121)(H,112,128)(H4,93,94,98)/t51-,52-,60-,61-,62-,63-,64-,65-,66-,67-,68-,69-,70-,71+,72-,73+/m0/s1. The number of primary amides is 1. The van der Waals surface area contributed by atoms with Crippen LogP contribution in [0.2, 0.25) is 0 Å². The minimum Gasteiger partial charge on any atom is -0.508 e. The van der Waals surface area contributed by atoms with E-state index in [1.807, 2.05) is 27.7 Å². The zero-order valence-electron chi connectivity index (χ0n) is 78.3. The predicted octanol–water partition coefficient (Wildman–Crippen LogP) is -4.55. The number of nitrogens with two attached hydrogens (primary N) is 2. The topological polar surface area (TPSA) is 678 Å². The molecule has 3 aromatic carbocycles. The van der Waals surface area contributed by atoms with Crippen LogP contribution in [0.25, 0.3) is 0 Å². The summed E-state index contributed by atoms with van der Waals surface area (Å²) in [7, 11) is 0. The number of guanidine groups is 1. The molecule has 4 saturated heterocycles. The summed E-state index contributed by atoms with van der Waals surface area (Å²) in [5, 5.41) is 92.7. The van der Waals surface area contributed by atoms with E-state index in [2.05, 4.69) is 120 Å². The molecular weight excluding hydrogens is 1830 g/mol. The van der Waals surface area contributed by atoms with Gasteiger partial charge in [0.15, 0.2) is 5.96 Å². The molecule has 17 amide bonds. The molecule has 0 bridgehead atoms. The second-order valence-corrected chi connectivity index (χ2v) is 36.2. The van der Waals surface area contributed by atoms with Crippen molar-refractivity contribution >= 4 is 132 Å². The van der Waals surface area contributed by atoms with E-state index >= 15 is 43.2 Å². The minimum atomic E-state index is -1.79. The number of imidazole rings is 1. The number of unbranched alkanes of at least 4 members (excludes halogenated alkanes) is 1. The Balaban J connectivity index is 1.16. The van der Waals surface area contributed by atoms with Gasteiger partial charge in [-0.05, 0) is 170 Å². The van der Waals surface area contributed by atoms with Gasteiger partial charge in [0.2, 0.25) is 100 Å². The quantitative estimate of drug-likeness (QED) is 0.0105. The Morgan fingerprint density at radius 3 is 1.18 bits per heavy atom. The van der Waals surface area contributed by atoms with Crippen LogP contribution in [-0.4, -0.2) is 318 Å². The number of nitrogens with zero attached hydrogens (tertiary/aromatic N) is 4. The Hall–Kier alpha value is -12.9. The number of aromatic nitrogens is 2. The first-order chi connectivity index (χ1) is 65.7. The molecule has 0 unspecified atom stereocenters. The molecule has 756 valence electrons. The van der Waals surface area contributed by atoms with Gasteiger partial charge in [-0.3, -0.25) is 86.9 Å². The number of aliphatic hydroxyl groups excluding tert-OH is 1. The third kappa shape index (κ3) is 34.4. The van der Waals surface area contributed by atoms with Gasteiger partial charge in [0, 0.05) is 88.1 Å². The molecule has 0 spiro atoms. The molecule has 47 heteroatoms. The fourth-order valence-electron chi connectivity index (χ4n) is 16.4. The molecule has 4 fully saturated rings. The highest BCUT2D eigenvalue weighted by Gasteiger charge is 2.47. The fourth-order valence-corrected chi connectivity index (χ4v) is 16.9. The molecule has 16 atom stereocenters. The highest BCUT2D eigenvalue weighted by atomic mass is 32.1. The average molecular weight is 1960 g/mol. The lowest BCUT2D eigenvalue weighted by Gasteiger charge is -2.34.